The van der Waals surface area contributed by atoms with Crippen LogP contribution >= 0.6 is 0 Å². The van der Waals surface area contributed by atoms with Crippen LogP contribution in [0.5, 0.6) is 11.6 Å². The smallest absolute Gasteiger partial charge is 0.265 e. The van der Waals surface area contributed by atoms with Crippen LogP contribution in [0.1, 0.15) is 62.6 Å². The van der Waals surface area contributed by atoms with Crippen LogP contribution in [0.15, 0.2) is 59.1 Å². The van der Waals surface area contributed by atoms with Gasteiger partial charge in [-0.3, -0.25) is 19.3 Å². The lowest BCUT2D eigenvalue weighted by atomic mass is 9.49. The first-order chi connectivity index (χ1) is 20.7. The molecule has 3 aliphatic carbocycles. The molecular formula is C35H34N2O6. The minimum atomic E-state index is -1.43. The van der Waals surface area contributed by atoms with E-state index in [0.717, 1.165) is 33.2 Å². The summed E-state index contributed by atoms with van der Waals surface area (Å²) in [5, 5.41) is 6.05. The second-order valence-electron chi connectivity index (χ2n) is 12.5. The lowest BCUT2D eigenvalue weighted by molar-refractivity contribution is -0.140. The molecule has 220 valence electrons. The first-order valence-electron chi connectivity index (χ1n) is 14.7. The van der Waals surface area contributed by atoms with Crippen molar-refractivity contribution in [2.75, 3.05) is 21.2 Å². The molecular weight excluding hydrogens is 544 g/mol. The first-order valence-corrected chi connectivity index (χ1v) is 14.7. The fraction of sp³-hybridized carbons (Fsp3) is 0.371. The number of nitrogens with zero attached hydrogens (tertiary/aromatic N) is 2. The maximum Gasteiger partial charge on any atom is 0.265 e. The number of methoxy groups -OCH3 is 1. The number of Topliss-reactive ketones (excluding diaryl/α,β-unsaturated/α-hetero) is 3. The van der Waals surface area contributed by atoms with Crippen LogP contribution in [-0.4, -0.2) is 48.6 Å². The van der Waals surface area contributed by atoms with Crippen molar-refractivity contribution in [2.24, 2.45) is 23.2 Å². The number of ketones is 3. The molecule has 0 amide bonds. The number of carbonyl (C=O) groups excluding carboxylic acids is 3. The Labute approximate surface area is 249 Å². The molecule has 0 aliphatic heterocycles. The van der Waals surface area contributed by atoms with Crippen LogP contribution in [0.25, 0.3) is 10.8 Å². The molecule has 1 saturated carbocycles. The van der Waals surface area contributed by atoms with Gasteiger partial charge in [-0.1, -0.05) is 42.5 Å². The summed E-state index contributed by atoms with van der Waals surface area (Å²) in [6.45, 7) is 3.85. The van der Waals surface area contributed by atoms with Crippen LogP contribution in [0.3, 0.4) is 0 Å². The van der Waals surface area contributed by atoms with Gasteiger partial charge < -0.3 is 14.0 Å². The van der Waals surface area contributed by atoms with Crippen LogP contribution in [0.4, 0.5) is 0 Å². The molecule has 5 atom stereocenters. The zero-order chi connectivity index (χ0) is 30.2. The van der Waals surface area contributed by atoms with Crippen LogP contribution < -0.4 is 9.47 Å². The van der Waals surface area contributed by atoms with E-state index in [2.05, 4.69) is 5.16 Å². The highest BCUT2D eigenvalue weighted by Crippen LogP contribution is 2.59. The molecule has 8 nitrogen and oxygen atoms in total. The number of aryl methyl sites for hydroxylation is 1. The van der Waals surface area contributed by atoms with E-state index in [1.165, 1.54) is 0 Å². The third-order valence-corrected chi connectivity index (χ3v) is 10.1. The standard InChI is InChI=1S/C35H34N2O6/c1-18-22-12-9-13-25(41-5)23(22)15-20-14-21-16-24-29(37(3)4)31-28(34(36-43-31)42-17-19-10-7-6-8-11-19)33(40)35(24,2)32(39)27(21)30(38)26(18)20/h6-13,15,21,24,27,29H,14,16-17H2,1-5H3. The molecule has 0 spiro atoms. The Kier molecular flexibility index (Phi) is 6.32. The second-order valence-corrected chi connectivity index (χ2v) is 12.5. The molecule has 1 aromatic heterocycles. The minimum Gasteiger partial charge on any atom is -0.496 e. The Morgan fingerprint density at radius 2 is 1.79 bits per heavy atom. The normalized spacial score (nSPS) is 26.1. The lowest BCUT2D eigenvalue weighted by Crippen LogP contribution is -2.60. The van der Waals surface area contributed by atoms with Gasteiger partial charge in [0, 0.05) is 16.9 Å². The molecule has 0 N–H and O–H groups in total. The Morgan fingerprint density at radius 1 is 1.02 bits per heavy atom. The maximum atomic E-state index is 14.6. The van der Waals surface area contributed by atoms with Gasteiger partial charge >= 0.3 is 0 Å². The maximum absolute atomic E-state index is 14.6. The molecule has 0 bridgehead atoms. The van der Waals surface area contributed by atoms with E-state index in [1.54, 1.807) is 14.0 Å². The molecule has 7 rings (SSSR count). The molecule has 43 heavy (non-hydrogen) atoms. The number of hydrogen-bond acceptors (Lipinski definition) is 8. The van der Waals surface area contributed by atoms with E-state index in [-0.39, 0.29) is 47.4 Å². The molecule has 1 fully saturated rings. The lowest BCUT2D eigenvalue weighted by Gasteiger charge is -2.52. The monoisotopic (exact) mass is 578 g/mol. The molecule has 5 unspecified atom stereocenters. The fourth-order valence-electron chi connectivity index (χ4n) is 8.00. The Hall–Kier alpha value is -4.30. The van der Waals surface area contributed by atoms with Gasteiger partial charge in [-0.15, -0.1) is 0 Å². The summed E-state index contributed by atoms with van der Waals surface area (Å²) in [7, 11) is 5.47. The molecule has 3 aromatic carbocycles. The van der Waals surface area contributed by atoms with Gasteiger partial charge in [-0.05, 0) is 86.1 Å². The van der Waals surface area contributed by atoms with E-state index in [1.807, 2.05) is 80.5 Å². The van der Waals surface area contributed by atoms with Crippen LogP contribution in [0.2, 0.25) is 0 Å². The molecule has 0 radical (unpaired) electrons. The first kappa shape index (κ1) is 27.5. The Bertz CT molecular complexity index is 1810. The summed E-state index contributed by atoms with van der Waals surface area (Å²) in [5.74, 6) is -1.14. The number of aromatic nitrogens is 1. The van der Waals surface area contributed by atoms with Gasteiger partial charge in [0.2, 0.25) is 0 Å². The van der Waals surface area contributed by atoms with E-state index in [9.17, 15) is 14.4 Å². The van der Waals surface area contributed by atoms with Gasteiger partial charge in [0.25, 0.3) is 5.88 Å². The highest BCUT2D eigenvalue weighted by molar-refractivity contribution is 6.25. The predicted octanol–water partition coefficient (Wildman–Crippen LogP) is 5.79. The number of rotatable bonds is 5. The summed E-state index contributed by atoms with van der Waals surface area (Å²) in [5.41, 5.74) is 2.06. The Balaban J connectivity index is 1.31. The second kappa shape index (κ2) is 9.88. The van der Waals surface area contributed by atoms with Gasteiger partial charge in [0.05, 0.1) is 24.5 Å². The van der Waals surface area contributed by atoms with Crippen molar-refractivity contribution >= 4 is 28.1 Å². The van der Waals surface area contributed by atoms with Gasteiger partial charge in [-0.25, -0.2) is 0 Å². The van der Waals surface area contributed by atoms with Crippen LogP contribution in [0, 0.1) is 30.1 Å². The zero-order valence-corrected chi connectivity index (χ0v) is 25.0. The van der Waals surface area contributed by atoms with E-state index in [4.69, 9.17) is 14.0 Å². The predicted molar refractivity (Wildman–Crippen MR) is 160 cm³/mol. The summed E-state index contributed by atoms with van der Waals surface area (Å²) in [4.78, 5) is 45.4. The summed E-state index contributed by atoms with van der Waals surface area (Å²) < 4.78 is 17.5. The van der Waals surface area contributed by atoms with Gasteiger partial charge in [0.15, 0.2) is 23.1 Å². The van der Waals surface area contributed by atoms with Gasteiger partial charge in [-0.2, -0.15) is 0 Å². The molecule has 8 heteroatoms. The van der Waals surface area contributed by atoms with E-state index < -0.39 is 17.3 Å². The molecule has 0 saturated heterocycles. The molecule has 3 aliphatic rings. The molecule has 1 heterocycles. The van der Waals surface area contributed by atoms with Gasteiger partial charge in [0.1, 0.15) is 17.9 Å². The summed E-state index contributed by atoms with van der Waals surface area (Å²) in [6, 6.07) is 17.0. The molecule has 4 aromatic rings. The number of hydrogen-bond donors (Lipinski definition) is 0. The van der Waals surface area contributed by atoms with E-state index in [0.29, 0.717) is 24.2 Å². The fourth-order valence-corrected chi connectivity index (χ4v) is 8.00. The van der Waals surface area contributed by atoms with Crippen molar-refractivity contribution in [1.82, 2.24) is 10.1 Å². The third kappa shape index (κ3) is 3.85. The van der Waals surface area contributed by atoms with Crippen molar-refractivity contribution in [3.8, 4) is 11.6 Å². The highest BCUT2D eigenvalue weighted by Gasteiger charge is 2.65. The quantitative estimate of drug-likeness (QED) is 0.275. The third-order valence-electron chi connectivity index (χ3n) is 10.1. The average Bonchev–Trinajstić information content (AvgIpc) is 3.41. The summed E-state index contributed by atoms with van der Waals surface area (Å²) >= 11 is 0. The van der Waals surface area contributed by atoms with E-state index >= 15 is 0 Å². The highest BCUT2D eigenvalue weighted by atomic mass is 16.5. The SMILES string of the molecule is COc1cccc2c(C)c3c(cc12)CC1CC2C(N(C)C)c4onc(OCc5ccccc5)c4C(=O)C2(C)C(=O)C1C3=O. The van der Waals surface area contributed by atoms with Crippen molar-refractivity contribution in [2.45, 2.75) is 39.3 Å². The summed E-state index contributed by atoms with van der Waals surface area (Å²) in [6.07, 6.45) is 1.10. The van der Waals surface area contributed by atoms with Crippen molar-refractivity contribution in [3.63, 3.8) is 0 Å². The zero-order valence-electron chi connectivity index (χ0n) is 25.0. The minimum absolute atomic E-state index is 0.0851. The van der Waals surface area contributed by atoms with Crippen LogP contribution in [-0.2, 0) is 17.8 Å². The van der Waals surface area contributed by atoms with Crippen molar-refractivity contribution in [1.29, 1.82) is 0 Å². The van der Waals surface area contributed by atoms with Crippen molar-refractivity contribution in [3.05, 3.63) is 88.2 Å². The largest absolute Gasteiger partial charge is 0.496 e. The number of benzene rings is 3. The Morgan fingerprint density at radius 3 is 2.51 bits per heavy atom. The topological polar surface area (TPSA) is 98.9 Å². The number of ether oxygens (including phenoxy) is 2. The number of fused-ring (bicyclic) bond motifs is 5. The number of carbonyl (C=O) groups is 3. The average molecular weight is 579 g/mol. The van der Waals surface area contributed by atoms with Crippen molar-refractivity contribution < 1.29 is 28.4 Å².